The highest BCUT2D eigenvalue weighted by molar-refractivity contribution is 6.33. The molecule has 0 saturated heterocycles. The number of rotatable bonds is 8. The van der Waals surface area contributed by atoms with Crippen molar-refractivity contribution in [1.82, 2.24) is 30.7 Å². The predicted octanol–water partition coefficient (Wildman–Crippen LogP) is 1.50. The lowest BCUT2D eigenvalue weighted by Gasteiger charge is -2.11. The van der Waals surface area contributed by atoms with Crippen molar-refractivity contribution in [3.63, 3.8) is 0 Å². The van der Waals surface area contributed by atoms with E-state index in [1.807, 2.05) is 0 Å². The van der Waals surface area contributed by atoms with Crippen molar-refractivity contribution in [2.45, 2.75) is 6.54 Å². The number of halogens is 2. The summed E-state index contributed by atoms with van der Waals surface area (Å²) in [6.07, 6.45) is 1.06. The standard InChI is InChI=1S/C20H16ClFN10O3/c21-12-5-3-6-13(22)11(12)8-26-28-20(34)16-15(32(31-27-16)19-17(23)29-35-30-19)9-25-14-7-2-1-4-10(14)18(24)33/h1-8,25H,9H2,(H2,23,29)(H2,24,33)(H,28,34). The summed E-state index contributed by atoms with van der Waals surface area (Å²) in [5.74, 6) is -2.17. The molecule has 0 fully saturated rings. The minimum atomic E-state index is -0.782. The molecular weight excluding hydrogens is 483 g/mol. The van der Waals surface area contributed by atoms with E-state index in [9.17, 15) is 14.0 Å². The molecule has 4 rings (SSSR count). The molecule has 0 bridgehead atoms. The van der Waals surface area contributed by atoms with E-state index in [2.05, 4.69) is 41.1 Å². The van der Waals surface area contributed by atoms with Crippen LogP contribution in [0.15, 0.2) is 52.2 Å². The van der Waals surface area contributed by atoms with Crippen LogP contribution < -0.4 is 22.2 Å². The molecule has 6 N–H and O–H groups in total. The van der Waals surface area contributed by atoms with Gasteiger partial charge in [0.05, 0.1) is 29.0 Å². The Labute approximate surface area is 200 Å². The van der Waals surface area contributed by atoms with E-state index in [4.69, 9.17) is 23.1 Å². The first-order valence-corrected chi connectivity index (χ1v) is 10.2. The summed E-state index contributed by atoms with van der Waals surface area (Å²) >= 11 is 5.95. The zero-order chi connectivity index (χ0) is 24.9. The van der Waals surface area contributed by atoms with Gasteiger partial charge in [-0.25, -0.2) is 14.4 Å². The van der Waals surface area contributed by atoms with Gasteiger partial charge in [0.25, 0.3) is 11.8 Å². The molecule has 0 aliphatic carbocycles. The molecule has 2 heterocycles. The summed E-state index contributed by atoms with van der Waals surface area (Å²) in [4.78, 5) is 24.5. The number of anilines is 2. The van der Waals surface area contributed by atoms with Gasteiger partial charge in [0.2, 0.25) is 11.6 Å². The summed E-state index contributed by atoms with van der Waals surface area (Å²) < 4.78 is 19.7. The molecule has 2 aromatic heterocycles. The lowest BCUT2D eigenvalue weighted by atomic mass is 10.1. The maximum absolute atomic E-state index is 13.9. The molecule has 0 aliphatic rings. The number of hydrogen-bond donors (Lipinski definition) is 4. The van der Waals surface area contributed by atoms with Crippen molar-refractivity contribution >= 4 is 41.1 Å². The zero-order valence-corrected chi connectivity index (χ0v) is 18.4. The number of aromatic nitrogens is 5. The average molecular weight is 499 g/mol. The van der Waals surface area contributed by atoms with Crippen molar-refractivity contribution < 1.29 is 18.6 Å². The van der Waals surface area contributed by atoms with E-state index >= 15 is 0 Å². The van der Waals surface area contributed by atoms with Gasteiger partial charge in [-0.15, -0.1) is 5.10 Å². The number of nitrogens with two attached hydrogens (primary N) is 2. The number of para-hydroxylation sites is 1. The van der Waals surface area contributed by atoms with E-state index in [0.717, 1.165) is 10.9 Å². The Hall–Kier alpha value is -4.85. The molecular formula is C20H16ClFN10O3. The molecule has 2 aromatic carbocycles. The maximum Gasteiger partial charge on any atom is 0.293 e. The second-order valence-corrected chi connectivity index (χ2v) is 7.27. The van der Waals surface area contributed by atoms with Crippen LogP contribution in [0.3, 0.4) is 0 Å². The number of carbonyl (C=O) groups is 2. The second-order valence-electron chi connectivity index (χ2n) is 6.87. The van der Waals surface area contributed by atoms with E-state index in [1.165, 1.54) is 24.3 Å². The Kier molecular flexibility index (Phi) is 6.64. The molecule has 0 spiro atoms. The van der Waals surface area contributed by atoms with Crippen LogP contribution in [0.5, 0.6) is 0 Å². The van der Waals surface area contributed by atoms with Crippen LogP contribution in [0.1, 0.15) is 32.1 Å². The molecule has 15 heteroatoms. The Morgan fingerprint density at radius 1 is 1.20 bits per heavy atom. The SMILES string of the molecule is NC(=O)c1ccccc1NCc1c(C(=O)NN=Cc2c(F)cccc2Cl)nnn1-c1nonc1N. The summed E-state index contributed by atoms with van der Waals surface area (Å²) in [6, 6.07) is 10.6. The lowest BCUT2D eigenvalue weighted by molar-refractivity contribution is 0.0947. The molecule has 0 atom stereocenters. The third kappa shape index (κ3) is 4.91. The molecule has 0 unspecified atom stereocenters. The topological polar surface area (TPSA) is 192 Å². The van der Waals surface area contributed by atoms with Crippen LogP contribution in [0, 0.1) is 5.82 Å². The van der Waals surface area contributed by atoms with E-state index in [1.54, 1.807) is 18.2 Å². The van der Waals surface area contributed by atoms with E-state index in [0.29, 0.717) is 5.69 Å². The van der Waals surface area contributed by atoms with Crippen molar-refractivity contribution in [3.05, 3.63) is 75.8 Å². The number of nitrogen functional groups attached to an aromatic ring is 1. The van der Waals surface area contributed by atoms with Gasteiger partial charge in [-0.2, -0.15) is 9.78 Å². The number of hydrogen-bond acceptors (Lipinski definition) is 10. The third-order valence-corrected chi connectivity index (χ3v) is 5.00. The molecule has 0 aliphatic heterocycles. The van der Waals surface area contributed by atoms with Gasteiger partial charge >= 0.3 is 0 Å². The molecule has 0 saturated carbocycles. The molecule has 4 aromatic rings. The molecule has 178 valence electrons. The van der Waals surface area contributed by atoms with Crippen LogP contribution in [0.25, 0.3) is 5.82 Å². The number of primary amides is 1. The van der Waals surface area contributed by atoms with Gasteiger partial charge in [-0.1, -0.05) is 35.0 Å². The Balaban J connectivity index is 1.63. The fourth-order valence-corrected chi connectivity index (χ4v) is 3.23. The van der Waals surface area contributed by atoms with Crippen molar-refractivity contribution in [2.75, 3.05) is 11.1 Å². The minimum absolute atomic E-state index is 0.00971. The summed E-state index contributed by atoms with van der Waals surface area (Å²) in [7, 11) is 0. The predicted molar refractivity (Wildman–Crippen MR) is 122 cm³/mol. The molecule has 2 amide bonds. The number of amides is 2. The van der Waals surface area contributed by atoms with Gasteiger partial charge in [0.1, 0.15) is 5.82 Å². The first kappa shape index (κ1) is 23.3. The van der Waals surface area contributed by atoms with Gasteiger partial charge < -0.3 is 16.8 Å². The van der Waals surface area contributed by atoms with Crippen LogP contribution >= 0.6 is 11.6 Å². The maximum atomic E-state index is 13.9. The van der Waals surface area contributed by atoms with Gasteiger partial charge in [-0.3, -0.25) is 9.59 Å². The van der Waals surface area contributed by atoms with Gasteiger partial charge in [-0.05, 0) is 34.6 Å². The van der Waals surface area contributed by atoms with Crippen LogP contribution in [0.4, 0.5) is 15.9 Å². The quantitative estimate of drug-likeness (QED) is 0.206. The van der Waals surface area contributed by atoms with Crippen LogP contribution in [0.2, 0.25) is 5.02 Å². The van der Waals surface area contributed by atoms with Crippen molar-refractivity contribution in [3.8, 4) is 5.82 Å². The van der Waals surface area contributed by atoms with E-state index < -0.39 is 17.6 Å². The normalized spacial score (nSPS) is 11.0. The fraction of sp³-hybridized carbons (Fsp3) is 0.0500. The highest BCUT2D eigenvalue weighted by Crippen LogP contribution is 2.20. The number of carbonyl (C=O) groups excluding carboxylic acids is 2. The smallest absolute Gasteiger partial charge is 0.293 e. The minimum Gasteiger partial charge on any atom is -0.379 e. The monoisotopic (exact) mass is 498 g/mol. The number of benzene rings is 2. The summed E-state index contributed by atoms with van der Waals surface area (Å²) in [5.41, 5.74) is 14.0. The van der Waals surface area contributed by atoms with E-state index in [-0.39, 0.29) is 45.7 Å². The summed E-state index contributed by atoms with van der Waals surface area (Å²) in [5, 5.41) is 21.8. The molecule has 35 heavy (non-hydrogen) atoms. The largest absolute Gasteiger partial charge is 0.379 e. The first-order chi connectivity index (χ1) is 16.9. The Morgan fingerprint density at radius 2 is 2.00 bits per heavy atom. The van der Waals surface area contributed by atoms with Crippen molar-refractivity contribution in [2.24, 2.45) is 10.8 Å². The average Bonchev–Trinajstić information content (AvgIpc) is 3.45. The number of nitrogens with zero attached hydrogens (tertiary/aromatic N) is 6. The number of hydrazone groups is 1. The third-order valence-electron chi connectivity index (χ3n) is 4.67. The Morgan fingerprint density at radius 3 is 2.71 bits per heavy atom. The molecule has 0 radical (unpaired) electrons. The lowest BCUT2D eigenvalue weighted by Crippen LogP contribution is -2.22. The Bertz CT molecular complexity index is 1410. The highest BCUT2D eigenvalue weighted by atomic mass is 35.5. The van der Waals surface area contributed by atoms with Gasteiger partial charge in [0, 0.05) is 11.3 Å². The van der Waals surface area contributed by atoms with Crippen LogP contribution in [-0.2, 0) is 6.54 Å². The highest BCUT2D eigenvalue weighted by Gasteiger charge is 2.24. The molecule has 13 nitrogen and oxygen atoms in total. The second kappa shape index (κ2) is 9.96. The first-order valence-electron chi connectivity index (χ1n) is 9.80. The zero-order valence-electron chi connectivity index (χ0n) is 17.6. The summed E-state index contributed by atoms with van der Waals surface area (Å²) in [6.45, 7) is -0.0742. The fourth-order valence-electron chi connectivity index (χ4n) is 3.02. The number of nitrogens with one attached hydrogen (secondary N) is 2. The van der Waals surface area contributed by atoms with Crippen LogP contribution in [-0.4, -0.2) is 43.3 Å². The van der Waals surface area contributed by atoms with Gasteiger partial charge in [0.15, 0.2) is 5.69 Å². The van der Waals surface area contributed by atoms with Crippen molar-refractivity contribution in [1.29, 1.82) is 0 Å².